The molecule has 4 nitrogen and oxygen atoms in total. The van der Waals surface area contributed by atoms with Crippen LogP contribution in [-0.2, 0) is 11.3 Å². The van der Waals surface area contributed by atoms with Crippen molar-refractivity contribution in [2.24, 2.45) is 17.8 Å². The van der Waals surface area contributed by atoms with E-state index in [2.05, 4.69) is 16.8 Å². The van der Waals surface area contributed by atoms with E-state index in [1.54, 1.807) is 12.1 Å². The summed E-state index contributed by atoms with van der Waals surface area (Å²) < 4.78 is 54.8. The number of hydrogen-bond acceptors (Lipinski definition) is 4. The Morgan fingerprint density at radius 1 is 1.10 bits per heavy atom. The highest BCUT2D eigenvalue weighted by molar-refractivity contribution is 5.70. The molecule has 2 aromatic rings. The summed E-state index contributed by atoms with van der Waals surface area (Å²) in [7, 11) is 0. The van der Waals surface area contributed by atoms with E-state index in [1.165, 1.54) is 25.0 Å². The third kappa shape index (κ3) is 4.09. The Balaban J connectivity index is 1.40. The highest BCUT2D eigenvalue weighted by atomic mass is 19.4. The summed E-state index contributed by atoms with van der Waals surface area (Å²) in [6, 6.07) is 6.08. The molecule has 3 saturated carbocycles. The van der Waals surface area contributed by atoms with Crippen molar-refractivity contribution in [1.82, 2.24) is 5.16 Å². The first-order chi connectivity index (χ1) is 14.4. The van der Waals surface area contributed by atoms with Crippen molar-refractivity contribution in [2.75, 3.05) is 0 Å². The van der Waals surface area contributed by atoms with Crippen LogP contribution >= 0.6 is 0 Å². The van der Waals surface area contributed by atoms with Crippen LogP contribution in [0.5, 0.6) is 5.75 Å². The van der Waals surface area contributed by atoms with Gasteiger partial charge in [0, 0.05) is 17.0 Å². The largest absolute Gasteiger partial charge is 0.573 e. The summed E-state index contributed by atoms with van der Waals surface area (Å²) in [4.78, 5) is 0. The summed E-state index contributed by atoms with van der Waals surface area (Å²) >= 11 is 0. The fourth-order valence-corrected chi connectivity index (χ4v) is 5.35. The SMILES string of the molecule is CC1CC2C[C@H](OCc3c(-c4ccccc4OC(F)(F)F)noc3C3CC3)C[C@H]1C2. The Kier molecular flexibility index (Phi) is 5.04. The molecule has 5 rings (SSSR count). The number of ether oxygens (including phenoxy) is 2. The van der Waals surface area contributed by atoms with Crippen LogP contribution in [0.3, 0.4) is 0 Å². The molecule has 1 aromatic heterocycles. The van der Waals surface area contributed by atoms with Gasteiger partial charge in [-0.15, -0.1) is 13.2 Å². The van der Waals surface area contributed by atoms with E-state index in [0.717, 1.165) is 54.8 Å². The lowest BCUT2D eigenvalue weighted by molar-refractivity contribution is -0.274. The average Bonchev–Trinajstić information content (AvgIpc) is 3.39. The Labute approximate surface area is 173 Å². The molecule has 3 aliphatic carbocycles. The lowest BCUT2D eigenvalue weighted by Gasteiger charge is -2.28. The van der Waals surface area contributed by atoms with Crippen LogP contribution in [0.25, 0.3) is 11.3 Å². The topological polar surface area (TPSA) is 44.5 Å². The van der Waals surface area contributed by atoms with Gasteiger partial charge in [0.15, 0.2) is 0 Å². The summed E-state index contributed by atoms with van der Waals surface area (Å²) in [6.45, 7) is 2.64. The minimum absolute atomic E-state index is 0.190. The van der Waals surface area contributed by atoms with Gasteiger partial charge in [0.25, 0.3) is 0 Å². The number of para-hydroxylation sites is 1. The van der Waals surface area contributed by atoms with Gasteiger partial charge in [-0.2, -0.15) is 0 Å². The van der Waals surface area contributed by atoms with Gasteiger partial charge < -0.3 is 14.0 Å². The molecule has 2 bridgehead atoms. The van der Waals surface area contributed by atoms with E-state index in [9.17, 15) is 13.2 Å². The number of halogens is 3. The molecule has 162 valence electrons. The van der Waals surface area contributed by atoms with Crippen molar-refractivity contribution in [1.29, 1.82) is 0 Å². The summed E-state index contributed by atoms with van der Waals surface area (Å²) in [5.74, 6) is 2.96. The summed E-state index contributed by atoms with van der Waals surface area (Å²) in [5, 5.41) is 4.15. The van der Waals surface area contributed by atoms with Crippen LogP contribution in [0.1, 0.15) is 62.7 Å². The first-order valence-corrected chi connectivity index (χ1v) is 10.8. The lowest BCUT2D eigenvalue weighted by Crippen LogP contribution is -2.24. The molecule has 1 aromatic carbocycles. The Morgan fingerprint density at radius 2 is 1.90 bits per heavy atom. The van der Waals surface area contributed by atoms with Gasteiger partial charge in [0.05, 0.1) is 12.7 Å². The van der Waals surface area contributed by atoms with Gasteiger partial charge in [0.1, 0.15) is 17.2 Å². The van der Waals surface area contributed by atoms with Gasteiger partial charge in [-0.3, -0.25) is 0 Å². The molecular formula is C23H26F3NO3. The molecule has 7 heteroatoms. The van der Waals surface area contributed by atoms with Crippen molar-refractivity contribution in [3.8, 4) is 17.0 Å². The van der Waals surface area contributed by atoms with E-state index < -0.39 is 6.36 Å². The second-order valence-corrected chi connectivity index (χ2v) is 9.17. The molecule has 1 heterocycles. The smallest absolute Gasteiger partial charge is 0.405 e. The second-order valence-electron chi connectivity index (χ2n) is 9.17. The zero-order valence-electron chi connectivity index (χ0n) is 17.0. The molecular weight excluding hydrogens is 395 g/mol. The summed E-state index contributed by atoms with van der Waals surface area (Å²) in [6.07, 6.45) is 2.14. The zero-order chi connectivity index (χ0) is 20.9. The van der Waals surface area contributed by atoms with Gasteiger partial charge in [-0.1, -0.05) is 24.2 Å². The zero-order valence-corrected chi connectivity index (χ0v) is 17.0. The number of fused-ring (bicyclic) bond motifs is 2. The van der Waals surface area contributed by atoms with Crippen molar-refractivity contribution in [3.63, 3.8) is 0 Å². The van der Waals surface area contributed by atoms with E-state index in [-0.39, 0.29) is 23.3 Å². The van der Waals surface area contributed by atoms with Crippen LogP contribution in [0, 0.1) is 17.8 Å². The highest BCUT2D eigenvalue weighted by Crippen LogP contribution is 2.48. The maximum Gasteiger partial charge on any atom is 0.573 e. The molecule has 4 atom stereocenters. The molecule has 2 unspecified atom stereocenters. The third-order valence-electron chi connectivity index (χ3n) is 6.91. The number of alkyl halides is 3. The van der Waals surface area contributed by atoms with Crippen molar-refractivity contribution >= 4 is 0 Å². The molecule has 3 aliphatic rings. The number of hydrogen-bond donors (Lipinski definition) is 0. The first-order valence-electron chi connectivity index (χ1n) is 10.8. The van der Waals surface area contributed by atoms with Gasteiger partial charge >= 0.3 is 6.36 Å². The normalized spacial score (nSPS) is 28.7. The molecule has 0 N–H and O–H groups in total. The Morgan fingerprint density at radius 3 is 2.63 bits per heavy atom. The predicted octanol–water partition coefficient (Wildman–Crippen LogP) is 6.46. The number of rotatable bonds is 6. The van der Waals surface area contributed by atoms with Crippen LogP contribution in [0.15, 0.2) is 28.8 Å². The van der Waals surface area contributed by atoms with Gasteiger partial charge in [0.2, 0.25) is 0 Å². The van der Waals surface area contributed by atoms with Crippen molar-refractivity contribution in [2.45, 2.75) is 70.4 Å². The van der Waals surface area contributed by atoms with Crippen molar-refractivity contribution < 1.29 is 27.2 Å². The lowest BCUT2D eigenvalue weighted by atomic mass is 9.85. The molecule has 0 saturated heterocycles. The second kappa shape index (κ2) is 7.59. The van der Waals surface area contributed by atoms with Crippen LogP contribution in [-0.4, -0.2) is 17.6 Å². The van der Waals surface area contributed by atoms with Crippen LogP contribution in [0.2, 0.25) is 0 Å². The number of benzene rings is 1. The molecule has 30 heavy (non-hydrogen) atoms. The molecule has 0 aliphatic heterocycles. The van der Waals surface area contributed by atoms with Gasteiger partial charge in [-0.25, -0.2) is 0 Å². The Bertz CT molecular complexity index is 903. The number of aromatic nitrogens is 1. The molecule has 0 radical (unpaired) electrons. The Hall–Kier alpha value is -2.02. The quantitative estimate of drug-likeness (QED) is 0.537. The van der Waals surface area contributed by atoms with Crippen molar-refractivity contribution in [3.05, 3.63) is 35.6 Å². The van der Waals surface area contributed by atoms with E-state index >= 15 is 0 Å². The predicted molar refractivity (Wildman–Crippen MR) is 104 cm³/mol. The highest BCUT2D eigenvalue weighted by Gasteiger charge is 2.40. The average molecular weight is 421 g/mol. The third-order valence-corrected chi connectivity index (χ3v) is 6.91. The van der Waals surface area contributed by atoms with E-state index in [1.807, 2.05) is 0 Å². The number of nitrogens with zero attached hydrogens (tertiary/aromatic N) is 1. The maximum atomic E-state index is 12.9. The van der Waals surface area contributed by atoms with Crippen LogP contribution < -0.4 is 4.74 Å². The van der Waals surface area contributed by atoms with E-state index in [0.29, 0.717) is 12.3 Å². The standard InChI is InChI=1S/C23H26F3NO3/c1-13-8-14-9-16(13)11-17(10-14)28-12-19-21(27-30-22(19)15-6-7-15)18-4-2-3-5-20(18)29-23(24,25)26/h2-5,13-17H,6-12H2,1H3/t13?,14?,16-,17+/m1/s1. The maximum absolute atomic E-state index is 12.9. The van der Waals surface area contributed by atoms with E-state index in [4.69, 9.17) is 9.26 Å². The first kappa shape index (κ1) is 19.9. The minimum atomic E-state index is -4.77. The fraction of sp³-hybridized carbons (Fsp3) is 0.609. The molecule has 0 amide bonds. The fourth-order valence-electron chi connectivity index (χ4n) is 5.35. The van der Waals surface area contributed by atoms with Gasteiger partial charge in [-0.05, 0) is 68.4 Å². The monoisotopic (exact) mass is 421 g/mol. The minimum Gasteiger partial charge on any atom is -0.405 e. The molecule has 3 fully saturated rings. The molecule has 0 spiro atoms. The van der Waals surface area contributed by atoms with Crippen LogP contribution in [0.4, 0.5) is 13.2 Å². The summed E-state index contributed by atoms with van der Waals surface area (Å²) in [5.41, 5.74) is 1.44.